The molecule has 2 aromatic heterocycles. The summed E-state index contributed by atoms with van der Waals surface area (Å²) >= 11 is 0. The average molecular weight is 338 g/mol. The number of fused-ring (bicyclic) bond motifs is 3. The number of nitrogens with one attached hydrogen (secondary N) is 1. The number of piperazine rings is 1. The smallest absolute Gasteiger partial charge is 0.0713 e. The Morgan fingerprint density at radius 3 is 2.76 bits per heavy atom. The van der Waals surface area contributed by atoms with Crippen molar-refractivity contribution in [2.24, 2.45) is 0 Å². The standard InChI is InChI=1S/C20H26N4O/c1-25-15-16-3-4-17-18-5-6-22-14-20(18)24(19(17)13-16)10-2-9-23-11-7-21-8-12-23/h3-6,13-14,21H,2,7-12,15H2,1H3. The molecule has 1 aliphatic heterocycles. The minimum atomic E-state index is 0.649. The number of nitrogens with zero attached hydrogens (tertiary/aromatic N) is 3. The zero-order valence-corrected chi connectivity index (χ0v) is 14.9. The molecule has 5 heteroatoms. The summed E-state index contributed by atoms with van der Waals surface area (Å²) in [5.74, 6) is 0. The molecule has 0 spiro atoms. The summed E-state index contributed by atoms with van der Waals surface area (Å²) in [5, 5.41) is 6.01. The predicted molar refractivity (Wildman–Crippen MR) is 102 cm³/mol. The number of pyridine rings is 1. The van der Waals surface area contributed by atoms with E-state index < -0.39 is 0 Å². The van der Waals surface area contributed by atoms with Crippen LogP contribution in [-0.2, 0) is 17.9 Å². The second-order valence-electron chi connectivity index (χ2n) is 6.77. The summed E-state index contributed by atoms with van der Waals surface area (Å²) in [6.45, 7) is 7.36. The fourth-order valence-electron chi connectivity index (χ4n) is 3.87. The van der Waals surface area contributed by atoms with E-state index in [1.54, 1.807) is 7.11 Å². The van der Waals surface area contributed by atoms with Gasteiger partial charge >= 0.3 is 0 Å². The van der Waals surface area contributed by atoms with E-state index in [1.165, 1.54) is 27.4 Å². The molecule has 0 bridgehead atoms. The van der Waals surface area contributed by atoms with Crippen LogP contribution in [0.3, 0.4) is 0 Å². The lowest BCUT2D eigenvalue weighted by atomic mass is 10.1. The van der Waals surface area contributed by atoms with Gasteiger partial charge in [-0.3, -0.25) is 4.98 Å². The summed E-state index contributed by atoms with van der Waals surface area (Å²) in [6.07, 6.45) is 5.04. The van der Waals surface area contributed by atoms with E-state index >= 15 is 0 Å². The quantitative estimate of drug-likeness (QED) is 0.750. The van der Waals surface area contributed by atoms with Crippen molar-refractivity contribution in [3.63, 3.8) is 0 Å². The van der Waals surface area contributed by atoms with Crippen LogP contribution in [0.4, 0.5) is 0 Å². The number of hydrogen-bond acceptors (Lipinski definition) is 4. The van der Waals surface area contributed by atoms with Crippen LogP contribution in [0, 0.1) is 0 Å². The molecule has 1 aliphatic rings. The third-order valence-corrected chi connectivity index (χ3v) is 5.11. The van der Waals surface area contributed by atoms with E-state index in [0.717, 1.165) is 45.7 Å². The molecule has 3 heterocycles. The minimum absolute atomic E-state index is 0.649. The maximum atomic E-state index is 5.32. The van der Waals surface area contributed by atoms with Gasteiger partial charge in [-0.15, -0.1) is 0 Å². The van der Waals surface area contributed by atoms with Gasteiger partial charge in [0.1, 0.15) is 0 Å². The summed E-state index contributed by atoms with van der Waals surface area (Å²) in [6, 6.07) is 8.78. The third kappa shape index (κ3) is 3.40. The molecule has 132 valence electrons. The molecular formula is C20H26N4O. The highest BCUT2D eigenvalue weighted by Crippen LogP contribution is 2.29. The minimum Gasteiger partial charge on any atom is -0.380 e. The van der Waals surface area contributed by atoms with Crippen molar-refractivity contribution >= 4 is 21.8 Å². The summed E-state index contributed by atoms with van der Waals surface area (Å²) in [5.41, 5.74) is 3.74. The second-order valence-corrected chi connectivity index (χ2v) is 6.77. The highest BCUT2D eigenvalue weighted by Gasteiger charge is 2.13. The lowest BCUT2D eigenvalue weighted by Gasteiger charge is -2.27. The fourth-order valence-corrected chi connectivity index (χ4v) is 3.87. The Morgan fingerprint density at radius 2 is 1.92 bits per heavy atom. The molecule has 1 saturated heterocycles. The molecule has 0 radical (unpaired) electrons. The van der Waals surface area contributed by atoms with Crippen LogP contribution in [0.1, 0.15) is 12.0 Å². The zero-order chi connectivity index (χ0) is 17.1. The van der Waals surface area contributed by atoms with Gasteiger partial charge in [0.05, 0.1) is 18.3 Å². The van der Waals surface area contributed by atoms with Crippen molar-refractivity contribution in [3.8, 4) is 0 Å². The summed E-state index contributed by atoms with van der Waals surface area (Å²) in [4.78, 5) is 6.92. The van der Waals surface area contributed by atoms with Gasteiger partial charge in [0, 0.05) is 62.3 Å². The third-order valence-electron chi connectivity index (χ3n) is 5.11. The molecule has 0 aliphatic carbocycles. The molecule has 5 nitrogen and oxygen atoms in total. The van der Waals surface area contributed by atoms with E-state index in [2.05, 4.69) is 44.0 Å². The number of ether oxygens (including phenoxy) is 1. The maximum absolute atomic E-state index is 5.32. The van der Waals surface area contributed by atoms with Gasteiger partial charge in [0.15, 0.2) is 0 Å². The predicted octanol–water partition coefficient (Wildman–Crippen LogP) is 2.63. The molecule has 1 aromatic carbocycles. The van der Waals surface area contributed by atoms with Crippen LogP contribution in [0.15, 0.2) is 36.7 Å². The maximum Gasteiger partial charge on any atom is 0.0713 e. The molecule has 1 fully saturated rings. The molecule has 0 amide bonds. The van der Waals surface area contributed by atoms with Gasteiger partial charge in [0.25, 0.3) is 0 Å². The number of benzene rings is 1. The van der Waals surface area contributed by atoms with Gasteiger partial charge in [-0.1, -0.05) is 12.1 Å². The SMILES string of the molecule is COCc1ccc2c3ccncc3n(CCCN3CCNCC3)c2c1. The Kier molecular flexibility index (Phi) is 4.97. The second kappa shape index (κ2) is 7.52. The van der Waals surface area contributed by atoms with Crippen molar-refractivity contribution < 1.29 is 4.74 Å². The molecular weight excluding hydrogens is 312 g/mol. The van der Waals surface area contributed by atoms with Crippen LogP contribution in [0.25, 0.3) is 21.8 Å². The van der Waals surface area contributed by atoms with Crippen LogP contribution in [-0.4, -0.2) is 54.3 Å². The van der Waals surface area contributed by atoms with Crippen molar-refractivity contribution in [3.05, 3.63) is 42.2 Å². The van der Waals surface area contributed by atoms with Crippen molar-refractivity contribution in [1.29, 1.82) is 0 Å². The van der Waals surface area contributed by atoms with Crippen molar-refractivity contribution in [2.75, 3.05) is 39.8 Å². The van der Waals surface area contributed by atoms with Crippen LogP contribution >= 0.6 is 0 Å². The van der Waals surface area contributed by atoms with Gasteiger partial charge in [-0.2, -0.15) is 0 Å². The van der Waals surface area contributed by atoms with Gasteiger partial charge < -0.3 is 19.5 Å². The lowest BCUT2D eigenvalue weighted by molar-refractivity contribution is 0.185. The Labute approximate surface area is 148 Å². The summed E-state index contributed by atoms with van der Waals surface area (Å²) in [7, 11) is 1.75. The van der Waals surface area contributed by atoms with Crippen molar-refractivity contribution in [2.45, 2.75) is 19.6 Å². The van der Waals surface area contributed by atoms with Crippen LogP contribution in [0.5, 0.6) is 0 Å². The number of methoxy groups -OCH3 is 1. The topological polar surface area (TPSA) is 42.3 Å². The van der Waals surface area contributed by atoms with Crippen LogP contribution in [0.2, 0.25) is 0 Å². The zero-order valence-electron chi connectivity index (χ0n) is 14.9. The largest absolute Gasteiger partial charge is 0.380 e. The lowest BCUT2D eigenvalue weighted by Crippen LogP contribution is -2.43. The Hall–Kier alpha value is -1.95. The normalized spacial score (nSPS) is 16.0. The summed E-state index contributed by atoms with van der Waals surface area (Å²) < 4.78 is 7.75. The monoisotopic (exact) mass is 338 g/mol. The van der Waals surface area contributed by atoms with Crippen LogP contribution < -0.4 is 5.32 Å². The fraction of sp³-hybridized carbons (Fsp3) is 0.450. The Balaban J connectivity index is 1.63. The molecule has 4 rings (SSSR count). The van der Waals surface area contributed by atoms with Gasteiger partial charge in [-0.05, 0) is 30.7 Å². The molecule has 3 aromatic rings. The first kappa shape index (κ1) is 16.5. The molecule has 0 saturated carbocycles. The molecule has 1 N–H and O–H groups in total. The van der Waals surface area contributed by atoms with Gasteiger partial charge in [-0.25, -0.2) is 0 Å². The Morgan fingerprint density at radius 1 is 1.08 bits per heavy atom. The van der Waals surface area contributed by atoms with Crippen molar-refractivity contribution in [1.82, 2.24) is 19.8 Å². The number of aryl methyl sites for hydroxylation is 1. The van der Waals surface area contributed by atoms with E-state index in [1.807, 2.05) is 12.4 Å². The highest BCUT2D eigenvalue weighted by molar-refractivity contribution is 6.07. The first-order valence-electron chi connectivity index (χ1n) is 9.13. The highest BCUT2D eigenvalue weighted by atomic mass is 16.5. The molecule has 0 atom stereocenters. The number of hydrogen-bond donors (Lipinski definition) is 1. The van der Waals surface area contributed by atoms with E-state index in [-0.39, 0.29) is 0 Å². The van der Waals surface area contributed by atoms with E-state index in [4.69, 9.17) is 4.74 Å². The number of rotatable bonds is 6. The molecule has 0 unspecified atom stereocenters. The average Bonchev–Trinajstić information content (AvgIpc) is 2.97. The van der Waals surface area contributed by atoms with E-state index in [9.17, 15) is 0 Å². The molecule has 25 heavy (non-hydrogen) atoms. The van der Waals surface area contributed by atoms with E-state index in [0.29, 0.717) is 6.61 Å². The number of aromatic nitrogens is 2. The first-order valence-corrected chi connectivity index (χ1v) is 9.13. The van der Waals surface area contributed by atoms with Gasteiger partial charge in [0.2, 0.25) is 0 Å². The first-order chi connectivity index (χ1) is 12.4. The Bertz CT molecular complexity index is 851.